The highest BCUT2D eigenvalue weighted by molar-refractivity contribution is 6.30. The highest BCUT2D eigenvalue weighted by Gasteiger charge is 2.18. The Morgan fingerprint density at radius 3 is 2.67 bits per heavy atom. The molecule has 2 rings (SSSR count). The fraction of sp³-hybridized carbons (Fsp3) is 0.600. The quantitative estimate of drug-likeness (QED) is 0.837. The molecule has 18 heavy (non-hydrogen) atoms. The molecule has 2 nitrogen and oxygen atoms in total. The van der Waals surface area contributed by atoms with E-state index in [1.807, 2.05) is 12.1 Å². The first-order valence-electron chi connectivity index (χ1n) is 6.95. The maximum Gasteiger partial charge on any atom is 0.0426 e. The number of rotatable bonds is 4. The summed E-state index contributed by atoms with van der Waals surface area (Å²) in [6, 6.07) is 5.83. The smallest absolute Gasteiger partial charge is 0.0426 e. The highest BCUT2D eigenvalue weighted by atomic mass is 35.5. The van der Waals surface area contributed by atoms with Gasteiger partial charge in [0.2, 0.25) is 0 Å². The Kier molecular flexibility index (Phi) is 4.90. The summed E-state index contributed by atoms with van der Waals surface area (Å²) in [5.41, 5.74) is 8.02. The number of nitrogens with zero attached hydrogens (tertiary/aromatic N) is 1. The van der Waals surface area contributed by atoms with E-state index in [2.05, 4.69) is 17.9 Å². The van der Waals surface area contributed by atoms with Gasteiger partial charge in [0.05, 0.1) is 0 Å². The van der Waals surface area contributed by atoms with Crippen LogP contribution in [0.5, 0.6) is 0 Å². The van der Waals surface area contributed by atoms with E-state index in [1.54, 1.807) is 0 Å². The fourth-order valence-corrected chi connectivity index (χ4v) is 2.97. The van der Waals surface area contributed by atoms with E-state index in [4.69, 9.17) is 17.3 Å². The summed E-state index contributed by atoms with van der Waals surface area (Å²) < 4.78 is 0. The van der Waals surface area contributed by atoms with Crippen molar-refractivity contribution in [2.24, 2.45) is 5.92 Å². The Labute approximate surface area is 115 Å². The Hall–Kier alpha value is -0.730. The van der Waals surface area contributed by atoms with Gasteiger partial charge in [0, 0.05) is 17.3 Å². The first kappa shape index (κ1) is 13.7. The van der Waals surface area contributed by atoms with Crippen LogP contribution in [0.25, 0.3) is 0 Å². The standard InChI is InChI=1S/C15H23ClN2/c1-2-3-12-6-8-18(9-7-12)11-13-4-5-14(16)10-15(13)17/h4-5,10,12H,2-3,6-9,11,17H2,1H3. The number of halogens is 1. The summed E-state index contributed by atoms with van der Waals surface area (Å²) in [4.78, 5) is 2.51. The van der Waals surface area contributed by atoms with Gasteiger partial charge in [-0.1, -0.05) is 37.4 Å². The van der Waals surface area contributed by atoms with E-state index in [0.29, 0.717) is 0 Å². The third-order valence-corrected chi connectivity index (χ3v) is 4.14. The average molecular weight is 267 g/mol. The van der Waals surface area contributed by atoms with Crippen LogP contribution in [-0.2, 0) is 6.54 Å². The lowest BCUT2D eigenvalue weighted by atomic mass is 9.92. The van der Waals surface area contributed by atoms with Crippen LogP contribution >= 0.6 is 11.6 Å². The van der Waals surface area contributed by atoms with E-state index in [9.17, 15) is 0 Å². The van der Waals surface area contributed by atoms with Gasteiger partial charge in [0.1, 0.15) is 0 Å². The van der Waals surface area contributed by atoms with Crippen molar-refractivity contribution in [2.75, 3.05) is 18.8 Å². The summed E-state index contributed by atoms with van der Waals surface area (Å²) in [5, 5.41) is 0.720. The zero-order chi connectivity index (χ0) is 13.0. The lowest BCUT2D eigenvalue weighted by molar-refractivity contribution is 0.172. The molecule has 0 spiro atoms. The molecule has 3 heteroatoms. The van der Waals surface area contributed by atoms with Crippen LogP contribution < -0.4 is 5.73 Å². The molecule has 0 aromatic heterocycles. The third-order valence-electron chi connectivity index (χ3n) is 3.91. The first-order chi connectivity index (χ1) is 8.69. The molecule has 0 amide bonds. The van der Waals surface area contributed by atoms with Crippen molar-refractivity contribution in [1.82, 2.24) is 4.90 Å². The Morgan fingerprint density at radius 2 is 2.06 bits per heavy atom. The first-order valence-corrected chi connectivity index (χ1v) is 7.33. The topological polar surface area (TPSA) is 29.3 Å². The molecule has 1 saturated heterocycles. The van der Waals surface area contributed by atoms with Crippen molar-refractivity contribution in [2.45, 2.75) is 39.2 Å². The third kappa shape index (κ3) is 3.63. The van der Waals surface area contributed by atoms with E-state index in [0.717, 1.165) is 23.2 Å². The Bertz CT molecular complexity index is 384. The molecular weight excluding hydrogens is 244 g/mol. The number of nitrogens with two attached hydrogens (primary N) is 1. The second-order valence-corrected chi connectivity index (χ2v) is 5.79. The maximum atomic E-state index is 6.00. The minimum absolute atomic E-state index is 0.720. The van der Waals surface area contributed by atoms with E-state index < -0.39 is 0 Å². The van der Waals surface area contributed by atoms with Gasteiger partial charge in [-0.05, 0) is 49.5 Å². The molecule has 1 aromatic carbocycles. The zero-order valence-electron chi connectivity index (χ0n) is 11.2. The van der Waals surface area contributed by atoms with Crippen LogP contribution in [0.15, 0.2) is 18.2 Å². The van der Waals surface area contributed by atoms with E-state index in [1.165, 1.54) is 44.3 Å². The molecular formula is C15H23ClN2. The Balaban J connectivity index is 1.87. The van der Waals surface area contributed by atoms with Crippen molar-refractivity contribution < 1.29 is 0 Å². The van der Waals surface area contributed by atoms with Crippen LogP contribution in [0.2, 0.25) is 5.02 Å². The molecule has 0 aliphatic carbocycles. The molecule has 2 N–H and O–H groups in total. The highest BCUT2D eigenvalue weighted by Crippen LogP contribution is 2.25. The minimum atomic E-state index is 0.720. The number of hydrogen-bond donors (Lipinski definition) is 1. The molecule has 0 radical (unpaired) electrons. The number of nitrogen functional groups attached to an aromatic ring is 1. The summed E-state index contributed by atoms with van der Waals surface area (Å²) in [6.07, 6.45) is 5.37. The minimum Gasteiger partial charge on any atom is -0.398 e. The van der Waals surface area contributed by atoms with Crippen molar-refractivity contribution >= 4 is 17.3 Å². The fourth-order valence-electron chi connectivity index (χ4n) is 2.79. The molecule has 1 aliphatic rings. The van der Waals surface area contributed by atoms with Gasteiger partial charge in [-0.15, -0.1) is 0 Å². The number of likely N-dealkylation sites (tertiary alicyclic amines) is 1. The van der Waals surface area contributed by atoms with Gasteiger partial charge in [-0.25, -0.2) is 0 Å². The predicted octanol–water partition coefficient (Wildman–Crippen LogP) is 3.93. The largest absolute Gasteiger partial charge is 0.398 e. The van der Waals surface area contributed by atoms with Crippen molar-refractivity contribution in [3.63, 3.8) is 0 Å². The zero-order valence-corrected chi connectivity index (χ0v) is 11.9. The lowest BCUT2D eigenvalue weighted by Gasteiger charge is -2.32. The Morgan fingerprint density at radius 1 is 1.33 bits per heavy atom. The van der Waals surface area contributed by atoms with Gasteiger partial charge < -0.3 is 5.73 Å². The van der Waals surface area contributed by atoms with Crippen LogP contribution in [0.1, 0.15) is 38.2 Å². The van der Waals surface area contributed by atoms with Crippen molar-refractivity contribution in [3.05, 3.63) is 28.8 Å². The molecule has 1 fully saturated rings. The average Bonchev–Trinajstić information content (AvgIpc) is 2.35. The monoisotopic (exact) mass is 266 g/mol. The van der Waals surface area contributed by atoms with Crippen LogP contribution in [0, 0.1) is 5.92 Å². The van der Waals surface area contributed by atoms with Crippen LogP contribution in [0.4, 0.5) is 5.69 Å². The molecule has 1 heterocycles. The summed E-state index contributed by atoms with van der Waals surface area (Å²) >= 11 is 5.92. The van der Waals surface area contributed by atoms with Gasteiger partial charge in [0.15, 0.2) is 0 Å². The molecule has 0 saturated carbocycles. The van der Waals surface area contributed by atoms with Gasteiger partial charge >= 0.3 is 0 Å². The van der Waals surface area contributed by atoms with Crippen molar-refractivity contribution in [3.8, 4) is 0 Å². The number of piperidine rings is 1. The van der Waals surface area contributed by atoms with Gasteiger partial charge in [-0.3, -0.25) is 4.90 Å². The molecule has 0 bridgehead atoms. The second kappa shape index (κ2) is 6.44. The van der Waals surface area contributed by atoms with Gasteiger partial charge in [-0.2, -0.15) is 0 Å². The van der Waals surface area contributed by atoms with Crippen molar-refractivity contribution in [1.29, 1.82) is 0 Å². The number of anilines is 1. The summed E-state index contributed by atoms with van der Waals surface area (Å²) in [5.74, 6) is 0.939. The second-order valence-electron chi connectivity index (χ2n) is 5.35. The predicted molar refractivity (Wildman–Crippen MR) is 78.8 cm³/mol. The molecule has 1 aliphatic heterocycles. The molecule has 0 atom stereocenters. The van der Waals surface area contributed by atoms with E-state index in [-0.39, 0.29) is 0 Å². The summed E-state index contributed by atoms with van der Waals surface area (Å²) in [7, 11) is 0. The maximum absolute atomic E-state index is 6.00. The van der Waals surface area contributed by atoms with Crippen LogP contribution in [-0.4, -0.2) is 18.0 Å². The summed E-state index contributed by atoms with van der Waals surface area (Å²) in [6.45, 7) is 5.64. The normalized spacial score (nSPS) is 18.1. The number of hydrogen-bond acceptors (Lipinski definition) is 2. The molecule has 0 unspecified atom stereocenters. The molecule has 100 valence electrons. The molecule has 1 aromatic rings. The number of benzene rings is 1. The van der Waals surface area contributed by atoms with Gasteiger partial charge in [0.25, 0.3) is 0 Å². The lowest BCUT2D eigenvalue weighted by Crippen LogP contribution is -2.33. The van der Waals surface area contributed by atoms with E-state index >= 15 is 0 Å². The SMILES string of the molecule is CCCC1CCN(Cc2ccc(Cl)cc2N)CC1. The van der Waals surface area contributed by atoms with Crippen LogP contribution in [0.3, 0.4) is 0 Å².